The molecule has 0 saturated heterocycles. The van der Waals surface area contributed by atoms with Crippen molar-refractivity contribution in [2.24, 2.45) is 0 Å². The Morgan fingerprint density at radius 1 is 1.03 bits per heavy atom. The first kappa shape index (κ1) is 21.8. The van der Waals surface area contributed by atoms with Crippen molar-refractivity contribution >= 4 is 18.0 Å². The van der Waals surface area contributed by atoms with E-state index in [1.54, 1.807) is 0 Å². The summed E-state index contributed by atoms with van der Waals surface area (Å²) in [4.78, 5) is 35.5. The van der Waals surface area contributed by atoms with E-state index in [1.807, 2.05) is 36.4 Å². The Labute approximate surface area is 185 Å². The maximum absolute atomic E-state index is 12.6. The van der Waals surface area contributed by atoms with Crippen LogP contribution >= 0.6 is 0 Å². The monoisotopic (exact) mass is 438 g/mol. The molecule has 4 N–H and O–H groups in total. The Morgan fingerprint density at radius 3 is 2.16 bits per heavy atom. The van der Waals surface area contributed by atoms with Crippen LogP contribution in [0.4, 0.5) is 4.79 Å². The minimum absolute atomic E-state index is 0.00351. The highest BCUT2D eigenvalue weighted by Crippen LogP contribution is 2.44. The van der Waals surface area contributed by atoms with E-state index in [0.717, 1.165) is 28.7 Å². The minimum Gasteiger partial charge on any atom is -0.479 e. The van der Waals surface area contributed by atoms with Gasteiger partial charge >= 0.3 is 12.1 Å². The van der Waals surface area contributed by atoms with Crippen molar-refractivity contribution in [2.75, 3.05) is 13.2 Å². The number of carbonyl (C=O) groups excluding carboxylic acids is 2. The largest absolute Gasteiger partial charge is 0.479 e. The highest BCUT2D eigenvalue weighted by Gasteiger charge is 2.41. The fourth-order valence-electron chi connectivity index (χ4n) is 4.47. The summed E-state index contributed by atoms with van der Waals surface area (Å²) in [6.07, 6.45) is -0.104. The molecular formula is C24H26N2O6. The van der Waals surface area contributed by atoms with Crippen LogP contribution in [0.5, 0.6) is 0 Å². The molecular weight excluding hydrogens is 412 g/mol. The Morgan fingerprint density at radius 2 is 1.62 bits per heavy atom. The number of hydrogen-bond donors (Lipinski definition) is 4. The van der Waals surface area contributed by atoms with Gasteiger partial charge in [0, 0.05) is 12.3 Å². The number of nitrogens with one attached hydrogen (secondary N) is 2. The lowest BCUT2D eigenvalue weighted by molar-refractivity contribution is -0.146. The minimum atomic E-state index is -1.66. The number of fused-ring (bicyclic) bond motifs is 3. The van der Waals surface area contributed by atoms with Crippen LogP contribution in [-0.2, 0) is 14.3 Å². The van der Waals surface area contributed by atoms with Crippen LogP contribution in [0.2, 0.25) is 0 Å². The second kappa shape index (κ2) is 9.00. The van der Waals surface area contributed by atoms with Crippen LogP contribution in [-0.4, -0.2) is 53.0 Å². The zero-order valence-corrected chi connectivity index (χ0v) is 17.5. The molecule has 2 aromatic rings. The highest BCUT2D eigenvalue weighted by atomic mass is 16.5. The molecule has 2 aromatic carbocycles. The summed E-state index contributed by atoms with van der Waals surface area (Å²) in [6.45, 7) is -0.192. The highest BCUT2D eigenvalue weighted by molar-refractivity contribution is 5.81. The van der Waals surface area contributed by atoms with Crippen molar-refractivity contribution in [3.63, 3.8) is 0 Å². The van der Waals surface area contributed by atoms with Crippen LogP contribution in [0.15, 0.2) is 48.5 Å². The number of alkyl carbamates (subject to hydrolysis) is 1. The molecule has 32 heavy (non-hydrogen) atoms. The Kier molecular flexibility index (Phi) is 6.14. The smallest absolute Gasteiger partial charge is 0.407 e. The van der Waals surface area contributed by atoms with Gasteiger partial charge in [0.25, 0.3) is 0 Å². The third kappa shape index (κ3) is 4.45. The predicted octanol–water partition coefficient (Wildman–Crippen LogP) is 2.40. The van der Waals surface area contributed by atoms with E-state index in [0.29, 0.717) is 12.8 Å². The molecule has 1 atom stereocenters. The number of ether oxygens (including phenoxy) is 1. The van der Waals surface area contributed by atoms with E-state index < -0.39 is 29.6 Å². The van der Waals surface area contributed by atoms with Crippen molar-refractivity contribution in [2.45, 2.75) is 43.2 Å². The second-order valence-electron chi connectivity index (χ2n) is 8.42. The average Bonchev–Trinajstić information content (AvgIpc) is 3.08. The zero-order valence-electron chi connectivity index (χ0n) is 17.5. The van der Waals surface area contributed by atoms with Crippen LogP contribution < -0.4 is 10.6 Å². The van der Waals surface area contributed by atoms with Crippen LogP contribution in [0.25, 0.3) is 11.1 Å². The number of amides is 2. The Balaban J connectivity index is 1.34. The van der Waals surface area contributed by atoms with Gasteiger partial charge in [-0.2, -0.15) is 0 Å². The normalized spacial score (nSPS) is 16.8. The van der Waals surface area contributed by atoms with Gasteiger partial charge < -0.3 is 25.6 Å². The summed E-state index contributed by atoms with van der Waals surface area (Å²) in [5.41, 5.74) is 3.83. The topological polar surface area (TPSA) is 125 Å². The van der Waals surface area contributed by atoms with Gasteiger partial charge in [0.2, 0.25) is 5.91 Å². The summed E-state index contributed by atoms with van der Waals surface area (Å²) in [5.74, 6) is -1.88. The summed E-state index contributed by atoms with van der Waals surface area (Å²) in [5, 5.41) is 23.2. The van der Waals surface area contributed by atoms with Crippen molar-refractivity contribution in [1.29, 1.82) is 0 Å². The third-order valence-corrected chi connectivity index (χ3v) is 6.30. The number of hydrogen-bond acceptors (Lipinski definition) is 5. The first-order chi connectivity index (χ1) is 15.4. The fourth-order valence-corrected chi connectivity index (χ4v) is 4.47. The lowest BCUT2D eigenvalue weighted by Gasteiger charge is -2.41. The molecule has 168 valence electrons. The van der Waals surface area contributed by atoms with E-state index in [-0.39, 0.29) is 25.5 Å². The van der Waals surface area contributed by atoms with Gasteiger partial charge in [-0.15, -0.1) is 0 Å². The fraction of sp³-hybridized carbons (Fsp3) is 0.375. The number of carboxylic acid groups (broad SMARTS) is 1. The van der Waals surface area contributed by atoms with Crippen molar-refractivity contribution in [3.05, 3.63) is 59.7 Å². The van der Waals surface area contributed by atoms with Crippen molar-refractivity contribution < 1.29 is 29.3 Å². The van der Waals surface area contributed by atoms with E-state index in [9.17, 15) is 19.5 Å². The molecule has 2 aliphatic rings. The summed E-state index contributed by atoms with van der Waals surface area (Å²) in [6, 6.07) is 16.2. The first-order valence-electron chi connectivity index (χ1n) is 10.7. The number of aliphatic hydroxyl groups excluding tert-OH is 1. The number of carbonyl (C=O) groups is 3. The standard InChI is InChI=1S/C24H26N2O6/c27-20(22(29)30)13-25-21(28)12-24(10-5-11-24)26-23(31)32-14-19-17-8-3-1-6-15(17)16-7-2-4-9-18(16)19/h1-4,6-9,19-20,27H,5,10-14H2,(H,25,28)(H,26,31)(H,29,30)/t20-/m0/s1. The molecule has 0 radical (unpaired) electrons. The predicted molar refractivity (Wildman–Crippen MR) is 116 cm³/mol. The van der Waals surface area contributed by atoms with Gasteiger partial charge in [-0.1, -0.05) is 48.5 Å². The maximum atomic E-state index is 12.6. The number of aliphatic carboxylic acids is 1. The second-order valence-corrected chi connectivity index (χ2v) is 8.42. The van der Waals surface area contributed by atoms with Gasteiger partial charge in [0.15, 0.2) is 6.10 Å². The number of aliphatic hydroxyl groups is 1. The number of carboxylic acids is 1. The molecule has 0 spiro atoms. The molecule has 0 heterocycles. The quantitative estimate of drug-likeness (QED) is 0.502. The maximum Gasteiger partial charge on any atom is 0.407 e. The SMILES string of the molecule is O=C(CC1(NC(=O)OCC2c3ccccc3-c3ccccc32)CCC1)NC[C@H](O)C(=O)O. The van der Waals surface area contributed by atoms with Crippen molar-refractivity contribution in [3.8, 4) is 11.1 Å². The lowest BCUT2D eigenvalue weighted by Crippen LogP contribution is -2.56. The van der Waals surface area contributed by atoms with Gasteiger partial charge in [-0.3, -0.25) is 4.79 Å². The average molecular weight is 438 g/mol. The molecule has 2 aliphatic carbocycles. The molecule has 1 saturated carbocycles. The van der Waals surface area contributed by atoms with Crippen LogP contribution in [0, 0.1) is 0 Å². The van der Waals surface area contributed by atoms with Crippen molar-refractivity contribution in [1.82, 2.24) is 10.6 Å². The van der Waals surface area contributed by atoms with E-state index in [2.05, 4.69) is 22.8 Å². The molecule has 8 heteroatoms. The van der Waals surface area contributed by atoms with Crippen LogP contribution in [0.3, 0.4) is 0 Å². The molecule has 0 aliphatic heterocycles. The van der Waals surface area contributed by atoms with Gasteiger partial charge in [-0.25, -0.2) is 9.59 Å². The van der Waals surface area contributed by atoms with E-state index >= 15 is 0 Å². The third-order valence-electron chi connectivity index (χ3n) is 6.30. The molecule has 4 rings (SSSR count). The summed E-state index contributed by atoms with van der Waals surface area (Å²) >= 11 is 0. The van der Waals surface area contributed by atoms with Gasteiger partial charge in [0.1, 0.15) is 6.61 Å². The van der Waals surface area contributed by atoms with Crippen LogP contribution in [0.1, 0.15) is 42.7 Å². The first-order valence-corrected chi connectivity index (χ1v) is 10.7. The molecule has 8 nitrogen and oxygen atoms in total. The molecule has 0 unspecified atom stereocenters. The molecule has 2 amide bonds. The van der Waals surface area contributed by atoms with E-state index in [1.165, 1.54) is 0 Å². The molecule has 0 bridgehead atoms. The zero-order chi connectivity index (χ0) is 22.7. The van der Waals surface area contributed by atoms with E-state index in [4.69, 9.17) is 9.84 Å². The molecule has 0 aromatic heterocycles. The Bertz CT molecular complexity index is 987. The summed E-state index contributed by atoms with van der Waals surface area (Å²) < 4.78 is 5.58. The Hall–Kier alpha value is -3.39. The van der Waals surface area contributed by atoms with Gasteiger partial charge in [0.05, 0.1) is 12.1 Å². The number of rotatable bonds is 8. The lowest BCUT2D eigenvalue weighted by atomic mass is 9.74. The summed E-state index contributed by atoms with van der Waals surface area (Å²) in [7, 11) is 0. The molecule has 1 fully saturated rings. The van der Waals surface area contributed by atoms with Gasteiger partial charge in [-0.05, 0) is 41.5 Å². The number of benzene rings is 2.